The van der Waals surface area contributed by atoms with Gasteiger partial charge in [0.1, 0.15) is 5.82 Å². The molecule has 0 atom stereocenters. The first kappa shape index (κ1) is 28.9. The molecule has 196 valence electrons. The van der Waals surface area contributed by atoms with Gasteiger partial charge in [0.15, 0.2) is 0 Å². The van der Waals surface area contributed by atoms with Crippen molar-refractivity contribution in [1.82, 2.24) is 5.12 Å². The number of nitrogens with two attached hydrogens (primary N) is 3. The SMILES string of the molecule is CCCSc1cc(N2CCOCC2)c(F)cc1N(C)C=O.NC(=O)/C(N)=N/N(N)Cc1ccccc1. The molecule has 6 N–H and O–H groups in total. The van der Waals surface area contributed by atoms with Crippen molar-refractivity contribution < 1.29 is 18.7 Å². The number of carbonyl (C=O) groups is 2. The van der Waals surface area contributed by atoms with E-state index in [1.807, 2.05) is 41.3 Å². The molecule has 0 aliphatic carbocycles. The molecule has 2 aromatic rings. The summed E-state index contributed by atoms with van der Waals surface area (Å²) in [5.74, 6) is 5.05. The molecular formula is C24H34FN7O3S. The number of halogens is 1. The van der Waals surface area contributed by atoms with Crippen molar-refractivity contribution in [3.05, 3.63) is 53.8 Å². The summed E-state index contributed by atoms with van der Waals surface area (Å²) in [7, 11) is 1.65. The molecule has 1 aliphatic heterocycles. The molecule has 1 fully saturated rings. The molecule has 1 heterocycles. The summed E-state index contributed by atoms with van der Waals surface area (Å²) in [6.45, 7) is 5.08. The first-order chi connectivity index (χ1) is 17.3. The first-order valence-corrected chi connectivity index (χ1v) is 12.4. The molecule has 1 aliphatic rings. The highest BCUT2D eigenvalue weighted by molar-refractivity contribution is 7.99. The third-order valence-corrected chi connectivity index (χ3v) is 6.31. The molecule has 3 rings (SSSR count). The Balaban J connectivity index is 0.000000269. The number of benzene rings is 2. The maximum absolute atomic E-state index is 14.4. The Hall–Kier alpha value is -3.35. The van der Waals surface area contributed by atoms with Gasteiger partial charge in [-0.3, -0.25) is 9.59 Å². The number of hydrazone groups is 1. The summed E-state index contributed by atoms with van der Waals surface area (Å²) in [4.78, 5) is 25.9. The molecule has 1 saturated heterocycles. The summed E-state index contributed by atoms with van der Waals surface area (Å²) < 4.78 is 19.7. The lowest BCUT2D eigenvalue weighted by Crippen LogP contribution is -2.36. The van der Waals surface area contributed by atoms with Crippen LogP contribution in [-0.2, 0) is 20.9 Å². The van der Waals surface area contributed by atoms with E-state index >= 15 is 0 Å². The zero-order valence-corrected chi connectivity index (χ0v) is 21.4. The smallest absolute Gasteiger partial charge is 0.285 e. The fraction of sp³-hybridized carbons (Fsp3) is 0.375. The molecule has 36 heavy (non-hydrogen) atoms. The van der Waals surface area contributed by atoms with Crippen LogP contribution in [0.1, 0.15) is 18.9 Å². The van der Waals surface area contributed by atoms with E-state index in [4.69, 9.17) is 22.0 Å². The van der Waals surface area contributed by atoms with Crippen molar-refractivity contribution in [2.75, 3.05) is 48.9 Å². The van der Waals surface area contributed by atoms with E-state index in [2.05, 4.69) is 12.0 Å². The van der Waals surface area contributed by atoms with Gasteiger partial charge in [-0.25, -0.2) is 15.4 Å². The Morgan fingerprint density at radius 1 is 1.22 bits per heavy atom. The van der Waals surface area contributed by atoms with Gasteiger partial charge in [0.05, 0.1) is 31.1 Å². The number of thioether (sulfide) groups is 1. The molecule has 0 radical (unpaired) electrons. The number of anilines is 2. The van der Waals surface area contributed by atoms with Crippen LogP contribution in [0.2, 0.25) is 0 Å². The van der Waals surface area contributed by atoms with Gasteiger partial charge >= 0.3 is 0 Å². The van der Waals surface area contributed by atoms with Crippen LogP contribution in [0.5, 0.6) is 0 Å². The Labute approximate surface area is 215 Å². The van der Waals surface area contributed by atoms with E-state index in [0.717, 1.165) is 27.8 Å². The lowest BCUT2D eigenvalue weighted by Gasteiger charge is -2.30. The number of amides is 2. The van der Waals surface area contributed by atoms with Crippen molar-refractivity contribution >= 4 is 41.3 Å². The Morgan fingerprint density at radius 2 is 1.89 bits per heavy atom. The molecule has 0 unspecified atom stereocenters. The topological polar surface area (TPSA) is 144 Å². The minimum atomic E-state index is -0.793. The highest BCUT2D eigenvalue weighted by Crippen LogP contribution is 2.36. The van der Waals surface area contributed by atoms with E-state index in [9.17, 15) is 14.0 Å². The Morgan fingerprint density at radius 3 is 2.47 bits per heavy atom. The lowest BCUT2D eigenvalue weighted by molar-refractivity contribution is -0.112. The van der Waals surface area contributed by atoms with Crippen LogP contribution in [0.15, 0.2) is 52.5 Å². The zero-order valence-electron chi connectivity index (χ0n) is 20.6. The van der Waals surface area contributed by atoms with Crippen LogP contribution >= 0.6 is 11.8 Å². The fourth-order valence-corrected chi connectivity index (χ4v) is 4.20. The molecule has 0 bridgehead atoms. The average Bonchev–Trinajstić information content (AvgIpc) is 2.88. The van der Waals surface area contributed by atoms with Crippen molar-refractivity contribution in [3.8, 4) is 0 Å². The number of nitrogens with zero attached hydrogens (tertiary/aromatic N) is 4. The lowest BCUT2D eigenvalue weighted by atomic mass is 10.2. The number of morpholine rings is 1. The van der Waals surface area contributed by atoms with Gasteiger partial charge in [0, 0.05) is 31.1 Å². The predicted octanol–water partition coefficient (Wildman–Crippen LogP) is 1.88. The third kappa shape index (κ3) is 9.02. The Bertz CT molecular complexity index is 1020. The number of hydrogen-bond acceptors (Lipinski definition) is 8. The normalized spacial score (nSPS) is 13.4. The standard InChI is InChI=1S/C15H21FN2O2S.C9H13N5O/c1-3-8-21-15-10-13(18-4-6-20-7-5-18)12(16)9-14(15)17(2)11-19;10-8(9(11)15)13-14(12)6-7-4-2-1-3-5-7/h9-11H,3-8H2,1-2H3;1-5H,6,12H2,(H2,10,13)(H2,11,15). The van der Waals surface area contributed by atoms with Crippen LogP contribution in [0.4, 0.5) is 15.8 Å². The fourth-order valence-electron chi connectivity index (χ4n) is 3.23. The van der Waals surface area contributed by atoms with Crippen LogP contribution in [0.25, 0.3) is 0 Å². The Kier molecular flexibility index (Phi) is 12.0. The van der Waals surface area contributed by atoms with Gasteiger partial charge < -0.3 is 26.0 Å². The highest BCUT2D eigenvalue weighted by atomic mass is 32.2. The second-order valence-electron chi connectivity index (χ2n) is 7.87. The number of carbonyl (C=O) groups excluding carboxylic acids is 2. The second-order valence-corrected chi connectivity index (χ2v) is 9.00. The largest absolute Gasteiger partial charge is 0.378 e. The van der Waals surface area contributed by atoms with Gasteiger partial charge in [0.2, 0.25) is 12.2 Å². The molecule has 2 aromatic carbocycles. The summed E-state index contributed by atoms with van der Waals surface area (Å²) in [5.41, 5.74) is 12.3. The summed E-state index contributed by atoms with van der Waals surface area (Å²) in [6, 6.07) is 12.7. The highest BCUT2D eigenvalue weighted by Gasteiger charge is 2.19. The first-order valence-electron chi connectivity index (χ1n) is 11.4. The minimum Gasteiger partial charge on any atom is -0.378 e. The summed E-state index contributed by atoms with van der Waals surface area (Å²) in [5, 5.41) is 4.67. The monoisotopic (exact) mass is 519 g/mol. The van der Waals surface area contributed by atoms with Crippen molar-refractivity contribution in [3.63, 3.8) is 0 Å². The molecule has 2 amide bonds. The van der Waals surface area contributed by atoms with Crippen LogP contribution in [0.3, 0.4) is 0 Å². The number of amidine groups is 1. The van der Waals surface area contributed by atoms with Crippen LogP contribution in [-0.4, -0.2) is 62.4 Å². The molecule has 0 saturated carbocycles. The number of hydrazine groups is 1. The average molecular weight is 520 g/mol. The van der Waals surface area contributed by atoms with Gasteiger partial charge in [0.25, 0.3) is 5.91 Å². The number of rotatable bonds is 9. The van der Waals surface area contributed by atoms with E-state index in [1.165, 1.54) is 11.0 Å². The molecular weight excluding hydrogens is 485 g/mol. The third-order valence-electron chi connectivity index (χ3n) is 5.06. The molecule has 0 spiro atoms. The minimum absolute atomic E-state index is 0.290. The quantitative estimate of drug-likeness (QED) is 0.114. The summed E-state index contributed by atoms with van der Waals surface area (Å²) in [6.07, 6.45) is 1.73. The maximum Gasteiger partial charge on any atom is 0.285 e. The van der Waals surface area contributed by atoms with Gasteiger partial charge in [-0.2, -0.15) is 0 Å². The number of ether oxygens (including phenoxy) is 1. The van der Waals surface area contributed by atoms with Crippen LogP contribution < -0.4 is 27.1 Å². The number of primary amides is 1. The van der Waals surface area contributed by atoms with Crippen molar-refractivity contribution in [2.24, 2.45) is 22.4 Å². The molecule has 12 heteroatoms. The van der Waals surface area contributed by atoms with Gasteiger partial charge in [-0.15, -0.1) is 16.9 Å². The van der Waals surface area contributed by atoms with E-state index in [-0.39, 0.29) is 11.7 Å². The van der Waals surface area contributed by atoms with Gasteiger partial charge in [-0.05, 0) is 23.8 Å². The zero-order chi connectivity index (χ0) is 26.5. The maximum atomic E-state index is 14.4. The van der Waals surface area contributed by atoms with Crippen LogP contribution in [0, 0.1) is 5.82 Å². The molecule has 0 aromatic heterocycles. The van der Waals surface area contributed by atoms with E-state index in [1.54, 1.807) is 18.8 Å². The predicted molar refractivity (Wildman–Crippen MR) is 142 cm³/mol. The summed E-state index contributed by atoms with van der Waals surface area (Å²) >= 11 is 1.65. The molecule has 10 nitrogen and oxygen atoms in total. The van der Waals surface area contributed by atoms with Gasteiger partial charge in [-0.1, -0.05) is 37.3 Å². The van der Waals surface area contributed by atoms with Crippen molar-refractivity contribution in [2.45, 2.75) is 24.8 Å². The second kappa shape index (κ2) is 14.9. The van der Waals surface area contributed by atoms with E-state index in [0.29, 0.717) is 50.6 Å². The number of hydrogen-bond donors (Lipinski definition) is 3. The van der Waals surface area contributed by atoms with Crippen molar-refractivity contribution in [1.29, 1.82) is 0 Å². The van der Waals surface area contributed by atoms with E-state index < -0.39 is 5.91 Å².